The summed E-state index contributed by atoms with van der Waals surface area (Å²) in [6, 6.07) is 5.86. The Morgan fingerprint density at radius 2 is 1.76 bits per heavy atom. The fourth-order valence-electron chi connectivity index (χ4n) is 5.75. The zero-order valence-corrected chi connectivity index (χ0v) is 26.3. The van der Waals surface area contributed by atoms with Crippen molar-refractivity contribution in [1.29, 1.82) is 0 Å². The number of carbonyl (C=O) groups excluding carboxylic acids is 2. The first-order chi connectivity index (χ1) is 21.6. The first kappa shape index (κ1) is 32.9. The Morgan fingerprint density at radius 3 is 2.37 bits per heavy atom. The number of carbonyl (C=O) groups is 2. The van der Waals surface area contributed by atoms with Gasteiger partial charge in [0.1, 0.15) is 23.1 Å². The number of alkyl carbamates (subject to hydrolysis) is 1. The summed E-state index contributed by atoms with van der Waals surface area (Å²) >= 11 is 0. The van der Waals surface area contributed by atoms with Crippen LogP contribution in [-0.4, -0.2) is 82.9 Å². The van der Waals surface area contributed by atoms with Crippen LogP contribution in [0.5, 0.6) is 0 Å². The van der Waals surface area contributed by atoms with E-state index in [-0.39, 0.29) is 36.6 Å². The fourth-order valence-corrected chi connectivity index (χ4v) is 5.75. The van der Waals surface area contributed by atoms with Gasteiger partial charge in [0.25, 0.3) is 5.91 Å². The largest absolute Gasteiger partial charge is 0.444 e. The molecule has 0 bridgehead atoms. The van der Waals surface area contributed by atoms with Crippen molar-refractivity contribution in [2.45, 2.75) is 70.1 Å². The molecule has 2 amide bonds. The van der Waals surface area contributed by atoms with Crippen molar-refractivity contribution in [3.05, 3.63) is 65.1 Å². The number of alkyl halides is 2. The Bertz CT molecular complexity index is 1550. The summed E-state index contributed by atoms with van der Waals surface area (Å²) in [5.74, 6) is -5.39. The number of aromatic nitrogens is 3. The summed E-state index contributed by atoms with van der Waals surface area (Å²) in [6.45, 7) is 7.25. The van der Waals surface area contributed by atoms with Gasteiger partial charge in [-0.2, -0.15) is 13.8 Å². The van der Waals surface area contributed by atoms with Crippen molar-refractivity contribution >= 4 is 23.8 Å². The first-order valence-electron chi connectivity index (χ1n) is 15.0. The predicted octanol–water partition coefficient (Wildman–Crippen LogP) is 5.09. The van der Waals surface area contributed by atoms with E-state index in [0.717, 1.165) is 18.2 Å². The quantitative estimate of drug-likeness (QED) is 0.350. The normalized spacial score (nSPS) is 19.3. The summed E-state index contributed by atoms with van der Waals surface area (Å²) in [4.78, 5) is 39.4. The average molecular weight is 648 g/mol. The lowest BCUT2D eigenvalue weighted by atomic mass is 9.94. The molecule has 5 rings (SSSR count). The van der Waals surface area contributed by atoms with Crippen molar-refractivity contribution in [2.75, 3.05) is 43.0 Å². The van der Waals surface area contributed by atoms with Crippen LogP contribution in [0.15, 0.2) is 41.1 Å². The molecule has 46 heavy (non-hydrogen) atoms. The highest BCUT2D eigenvalue weighted by Gasteiger charge is 2.38. The van der Waals surface area contributed by atoms with Crippen molar-refractivity contribution < 1.29 is 36.4 Å². The van der Waals surface area contributed by atoms with Crippen LogP contribution in [0.3, 0.4) is 0 Å². The molecule has 2 fully saturated rings. The first-order valence-corrected chi connectivity index (χ1v) is 15.0. The summed E-state index contributed by atoms with van der Waals surface area (Å²) in [7, 11) is 1.70. The Kier molecular flexibility index (Phi) is 9.14. The van der Waals surface area contributed by atoms with Crippen molar-refractivity contribution in [3.63, 3.8) is 0 Å². The second-order valence-electron chi connectivity index (χ2n) is 12.8. The standard InChI is InChI=1S/C31H37F4N7O4/c1-30(2,3)45-29(44)37-24-17-42(16-22(24)21-14-19(32)7-8-23(21)33)25-9-6-18(15-36-25)26(43)40(5)20-10-12-41(13-11-20)28-38-27(39-46-28)31(4,34)35/h6-9,14-15,20,22,24H,10-13,16-17H2,1-5H3,(H,37,44). The van der Waals surface area contributed by atoms with E-state index in [4.69, 9.17) is 9.26 Å². The molecule has 248 valence electrons. The number of ether oxygens (including phenoxy) is 1. The minimum atomic E-state index is -3.20. The molecular formula is C31H37F4N7O4. The van der Waals surface area contributed by atoms with Gasteiger partial charge in [0.15, 0.2) is 0 Å². The highest BCUT2D eigenvalue weighted by Crippen LogP contribution is 2.33. The van der Waals surface area contributed by atoms with Crippen molar-refractivity contribution in [3.8, 4) is 0 Å². The summed E-state index contributed by atoms with van der Waals surface area (Å²) in [5, 5.41) is 6.17. The second-order valence-corrected chi connectivity index (χ2v) is 12.8. The maximum Gasteiger partial charge on any atom is 0.407 e. The van der Waals surface area contributed by atoms with Gasteiger partial charge < -0.3 is 29.3 Å². The van der Waals surface area contributed by atoms with Gasteiger partial charge in [-0.25, -0.2) is 18.6 Å². The summed E-state index contributed by atoms with van der Waals surface area (Å²) in [5.41, 5.74) is -0.259. The van der Waals surface area contributed by atoms with Gasteiger partial charge in [0.05, 0.1) is 11.6 Å². The Balaban J connectivity index is 1.23. The number of amides is 2. The molecule has 0 spiro atoms. The van der Waals surface area contributed by atoms with Gasteiger partial charge in [0.2, 0.25) is 5.82 Å². The lowest BCUT2D eigenvalue weighted by Crippen LogP contribution is -2.45. The Morgan fingerprint density at radius 1 is 1.04 bits per heavy atom. The third kappa shape index (κ3) is 7.50. The lowest BCUT2D eigenvalue weighted by molar-refractivity contribution is 0.00557. The van der Waals surface area contributed by atoms with Crippen LogP contribution in [-0.2, 0) is 10.7 Å². The monoisotopic (exact) mass is 647 g/mol. The molecule has 11 nitrogen and oxygen atoms in total. The van der Waals surface area contributed by atoms with Gasteiger partial charge in [-0.15, -0.1) is 0 Å². The molecule has 2 atom stereocenters. The lowest BCUT2D eigenvalue weighted by Gasteiger charge is -2.35. The number of anilines is 2. The second kappa shape index (κ2) is 12.8. The average Bonchev–Trinajstić information content (AvgIpc) is 3.65. The maximum atomic E-state index is 14.8. The maximum absolute atomic E-state index is 14.8. The molecular weight excluding hydrogens is 610 g/mol. The molecule has 4 heterocycles. The highest BCUT2D eigenvalue weighted by atomic mass is 19.3. The molecule has 0 saturated carbocycles. The number of rotatable bonds is 7. The predicted molar refractivity (Wildman–Crippen MR) is 160 cm³/mol. The van der Waals surface area contributed by atoms with E-state index >= 15 is 0 Å². The minimum absolute atomic E-state index is 0.0246. The van der Waals surface area contributed by atoms with E-state index in [2.05, 4.69) is 20.4 Å². The van der Waals surface area contributed by atoms with Gasteiger partial charge >= 0.3 is 18.0 Å². The molecule has 1 N–H and O–H groups in total. The molecule has 2 aromatic heterocycles. The van der Waals surface area contributed by atoms with Gasteiger partial charge in [-0.1, -0.05) is 5.16 Å². The van der Waals surface area contributed by atoms with Crippen LogP contribution < -0.4 is 15.1 Å². The number of hydrogen-bond acceptors (Lipinski definition) is 9. The van der Waals surface area contributed by atoms with Crippen LogP contribution in [0.2, 0.25) is 0 Å². The molecule has 2 aliphatic heterocycles. The van der Waals surface area contributed by atoms with Gasteiger partial charge in [-0.3, -0.25) is 4.79 Å². The van der Waals surface area contributed by atoms with Crippen molar-refractivity contribution in [2.24, 2.45) is 0 Å². The van der Waals surface area contributed by atoms with E-state index in [1.165, 1.54) is 6.20 Å². The number of nitrogens with one attached hydrogen (secondary N) is 1. The SMILES string of the molecule is CN(C(=O)c1ccc(N2CC(NC(=O)OC(C)(C)C)C(c3cc(F)ccc3F)C2)nc1)C1CCN(c2nc(C(C)(F)F)no2)CC1. The number of hydrogen-bond donors (Lipinski definition) is 1. The molecule has 2 unspecified atom stereocenters. The number of pyridine rings is 1. The van der Waals surface area contributed by atoms with E-state index in [0.29, 0.717) is 44.2 Å². The molecule has 0 radical (unpaired) electrons. The molecule has 2 saturated heterocycles. The number of piperidine rings is 1. The zero-order valence-electron chi connectivity index (χ0n) is 26.3. The topological polar surface area (TPSA) is 117 Å². The summed E-state index contributed by atoms with van der Waals surface area (Å²) < 4.78 is 66.3. The van der Waals surface area contributed by atoms with E-state index in [1.807, 2.05) is 4.90 Å². The Hall–Kier alpha value is -4.43. The number of halogens is 4. The number of benzene rings is 1. The minimum Gasteiger partial charge on any atom is -0.444 e. The van der Waals surface area contributed by atoms with E-state index in [1.54, 1.807) is 49.8 Å². The molecule has 15 heteroatoms. The molecule has 0 aliphatic carbocycles. The van der Waals surface area contributed by atoms with Crippen LogP contribution in [0.1, 0.15) is 68.2 Å². The van der Waals surface area contributed by atoms with Crippen LogP contribution >= 0.6 is 0 Å². The zero-order chi connectivity index (χ0) is 33.4. The fraction of sp³-hybridized carbons (Fsp3) is 0.516. The third-order valence-corrected chi connectivity index (χ3v) is 8.11. The van der Waals surface area contributed by atoms with Crippen LogP contribution in [0.4, 0.5) is 34.2 Å². The van der Waals surface area contributed by atoms with Crippen LogP contribution in [0, 0.1) is 11.6 Å². The third-order valence-electron chi connectivity index (χ3n) is 8.11. The highest BCUT2D eigenvalue weighted by molar-refractivity contribution is 5.94. The van der Waals surface area contributed by atoms with E-state index in [9.17, 15) is 27.2 Å². The molecule has 1 aromatic carbocycles. The Labute approximate surface area is 263 Å². The van der Waals surface area contributed by atoms with Gasteiger partial charge in [-0.05, 0) is 69.5 Å². The number of nitrogens with zero attached hydrogens (tertiary/aromatic N) is 6. The molecule has 3 aromatic rings. The van der Waals surface area contributed by atoms with Crippen molar-refractivity contribution in [1.82, 2.24) is 25.3 Å². The van der Waals surface area contributed by atoms with Gasteiger partial charge in [0, 0.05) is 58.3 Å². The van der Waals surface area contributed by atoms with Crippen LogP contribution in [0.25, 0.3) is 0 Å². The smallest absolute Gasteiger partial charge is 0.407 e. The molecule has 2 aliphatic rings. The van der Waals surface area contributed by atoms with E-state index < -0.39 is 47.0 Å². The summed E-state index contributed by atoms with van der Waals surface area (Å²) in [6.07, 6.45) is 1.91.